The zero-order valence-corrected chi connectivity index (χ0v) is 15.9. The number of nitrogens with zero attached hydrogens (tertiary/aromatic N) is 2. The molecule has 148 valence electrons. The summed E-state index contributed by atoms with van der Waals surface area (Å²) in [4.78, 5) is 28.5. The van der Waals surface area contributed by atoms with Crippen molar-refractivity contribution in [3.05, 3.63) is 29.8 Å². The lowest BCUT2D eigenvalue weighted by Crippen LogP contribution is -2.57. The fourth-order valence-electron chi connectivity index (χ4n) is 3.79. The molecule has 0 bridgehead atoms. The maximum absolute atomic E-state index is 12.8. The van der Waals surface area contributed by atoms with E-state index in [0.717, 1.165) is 17.9 Å². The average molecular weight is 375 g/mol. The van der Waals surface area contributed by atoms with Crippen molar-refractivity contribution >= 4 is 11.8 Å². The van der Waals surface area contributed by atoms with E-state index in [1.54, 1.807) is 4.90 Å². The second-order valence-corrected chi connectivity index (χ2v) is 7.41. The Labute approximate surface area is 160 Å². The lowest BCUT2D eigenvalue weighted by molar-refractivity contribution is -0.145. The lowest BCUT2D eigenvalue weighted by atomic mass is 10.0. The van der Waals surface area contributed by atoms with E-state index in [-0.39, 0.29) is 18.6 Å². The van der Waals surface area contributed by atoms with Crippen LogP contribution in [0.4, 0.5) is 0 Å². The van der Waals surface area contributed by atoms with Gasteiger partial charge in [-0.3, -0.25) is 14.5 Å². The lowest BCUT2D eigenvalue weighted by Gasteiger charge is -2.42. The number of piperazine rings is 1. The Bertz CT molecular complexity index is 672. The first-order valence-electron chi connectivity index (χ1n) is 9.66. The first-order chi connectivity index (χ1) is 13.0. The van der Waals surface area contributed by atoms with E-state index in [1.165, 1.54) is 0 Å². The second kappa shape index (κ2) is 8.27. The zero-order valence-electron chi connectivity index (χ0n) is 15.9. The van der Waals surface area contributed by atoms with Gasteiger partial charge in [-0.15, -0.1) is 0 Å². The number of benzene rings is 1. The highest BCUT2D eigenvalue weighted by Crippen LogP contribution is 2.47. The van der Waals surface area contributed by atoms with Crippen LogP contribution in [-0.2, 0) is 16.1 Å². The van der Waals surface area contributed by atoms with Crippen LogP contribution in [0.1, 0.15) is 31.7 Å². The molecule has 1 heterocycles. The molecule has 27 heavy (non-hydrogen) atoms. The maximum Gasteiger partial charge on any atom is 0.238 e. The van der Waals surface area contributed by atoms with Crippen molar-refractivity contribution in [1.29, 1.82) is 0 Å². The first-order valence-corrected chi connectivity index (χ1v) is 9.66. The topological polar surface area (TPSA) is 96.1 Å². The number of aliphatic hydroxyl groups is 1. The summed E-state index contributed by atoms with van der Waals surface area (Å²) in [7, 11) is 0. The smallest absolute Gasteiger partial charge is 0.238 e. The summed E-state index contributed by atoms with van der Waals surface area (Å²) in [5.41, 5.74) is 5.64. The van der Waals surface area contributed by atoms with E-state index in [9.17, 15) is 14.7 Å². The molecule has 2 amide bonds. The van der Waals surface area contributed by atoms with Crippen LogP contribution in [-0.4, -0.2) is 65.6 Å². The van der Waals surface area contributed by atoms with Crippen LogP contribution in [0.15, 0.2) is 24.3 Å². The van der Waals surface area contributed by atoms with Gasteiger partial charge >= 0.3 is 0 Å². The van der Waals surface area contributed by atoms with Gasteiger partial charge in [-0.25, -0.2) is 0 Å². The standard InChI is InChI=1S/C20H29N3O4/c1-2-27-17-5-3-15(4-6-17)13-22-10-11-23(14-16(22)7-12-24)19(26)20(8-9-20)18(21)25/h3-6,16,24H,2,7-14H2,1H3,(H2,21,25)/t16-/m1/s1. The third-order valence-electron chi connectivity index (χ3n) is 5.61. The molecule has 1 atom stereocenters. The summed E-state index contributed by atoms with van der Waals surface area (Å²) < 4.78 is 5.48. The second-order valence-electron chi connectivity index (χ2n) is 7.41. The van der Waals surface area contributed by atoms with Crippen LogP contribution in [0.25, 0.3) is 0 Å². The summed E-state index contributed by atoms with van der Waals surface area (Å²) in [6, 6.07) is 8.07. The minimum Gasteiger partial charge on any atom is -0.494 e. The molecule has 0 spiro atoms. The van der Waals surface area contributed by atoms with Crippen LogP contribution in [0.3, 0.4) is 0 Å². The quantitative estimate of drug-likeness (QED) is 0.654. The Hall–Kier alpha value is -2.12. The fraction of sp³-hybridized carbons (Fsp3) is 0.600. The van der Waals surface area contributed by atoms with Gasteiger partial charge in [-0.1, -0.05) is 12.1 Å². The largest absolute Gasteiger partial charge is 0.494 e. The molecule has 1 aliphatic heterocycles. The molecule has 0 radical (unpaired) electrons. The van der Waals surface area contributed by atoms with Gasteiger partial charge in [0.1, 0.15) is 11.2 Å². The number of nitrogens with two attached hydrogens (primary N) is 1. The highest BCUT2D eigenvalue weighted by Gasteiger charge is 2.57. The summed E-state index contributed by atoms with van der Waals surface area (Å²) >= 11 is 0. The van der Waals surface area contributed by atoms with Gasteiger partial charge < -0.3 is 20.5 Å². The predicted octanol–water partition coefficient (Wildman–Crippen LogP) is 0.746. The molecule has 7 nitrogen and oxygen atoms in total. The van der Waals surface area contributed by atoms with Crippen molar-refractivity contribution in [2.75, 3.05) is 32.8 Å². The SMILES string of the molecule is CCOc1ccc(CN2CCN(C(=O)C3(C(N)=O)CC3)C[C@H]2CCO)cc1. The number of ether oxygens (including phenoxy) is 1. The summed E-state index contributed by atoms with van der Waals surface area (Å²) in [5, 5.41) is 9.46. The van der Waals surface area contributed by atoms with Gasteiger partial charge in [-0.05, 0) is 43.9 Å². The molecular formula is C20H29N3O4. The Morgan fingerprint density at radius 3 is 2.52 bits per heavy atom. The molecule has 1 saturated heterocycles. The van der Waals surface area contributed by atoms with E-state index in [2.05, 4.69) is 4.90 Å². The maximum atomic E-state index is 12.8. The molecule has 1 saturated carbocycles. The fourth-order valence-corrected chi connectivity index (χ4v) is 3.79. The summed E-state index contributed by atoms with van der Waals surface area (Å²) in [6.45, 7) is 5.21. The average Bonchev–Trinajstić information content (AvgIpc) is 3.47. The number of hydrogen-bond acceptors (Lipinski definition) is 5. The van der Waals surface area contributed by atoms with Gasteiger partial charge in [0, 0.05) is 38.8 Å². The third kappa shape index (κ3) is 4.25. The van der Waals surface area contributed by atoms with Gasteiger partial charge in [0.2, 0.25) is 11.8 Å². The molecular weight excluding hydrogens is 346 g/mol. The number of carbonyl (C=O) groups is 2. The number of rotatable bonds is 8. The molecule has 1 aromatic carbocycles. The van der Waals surface area contributed by atoms with E-state index < -0.39 is 11.3 Å². The van der Waals surface area contributed by atoms with Crippen molar-refractivity contribution in [2.45, 2.75) is 38.8 Å². The molecule has 1 aliphatic carbocycles. The molecule has 0 unspecified atom stereocenters. The Kier molecular flexibility index (Phi) is 6.01. The summed E-state index contributed by atoms with van der Waals surface area (Å²) in [5.74, 6) is 0.200. The number of amides is 2. The van der Waals surface area contributed by atoms with Crippen molar-refractivity contribution in [2.24, 2.45) is 11.1 Å². The van der Waals surface area contributed by atoms with Gasteiger partial charge in [0.15, 0.2) is 0 Å². The molecule has 2 fully saturated rings. The normalized spacial score (nSPS) is 21.7. The van der Waals surface area contributed by atoms with E-state index in [4.69, 9.17) is 10.5 Å². The van der Waals surface area contributed by atoms with Crippen molar-refractivity contribution in [3.63, 3.8) is 0 Å². The van der Waals surface area contributed by atoms with E-state index in [0.29, 0.717) is 45.5 Å². The molecule has 0 aromatic heterocycles. The Morgan fingerprint density at radius 1 is 1.26 bits per heavy atom. The van der Waals surface area contributed by atoms with Crippen LogP contribution >= 0.6 is 0 Å². The van der Waals surface area contributed by atoms with Crippen molar-refractivity contribution in [1.82, 2.24) is 9.80 Å². The van der Waals surface area contributed by atoms with Crippen LogP contribution < -0.4 is 10.5 Å². The highest BCUT2D eigenvalue weighted by molar-refractivity contribution is 6.07. The van der Waals surface area contributed by atoms with Crippen LogP contribution in [0.2, 0.25) is 0 Å². The Morgan fingerprint density at radius 2 is 1.96 bits per heavy atom. The zero-order chi connectivity index (χ0) is 19.4. The molecule has 3 rings (SSSR count). The predicted molar refractivity (Wildman–Crippen MR) is 101 cm³/mol. The minimum atomic E-state index is -0.971. The third-order valence-corrected chi connectivity index (χ3v) is 5.61. The van der Waals surface area contributed by atoms with Crippen molar-refractivity contribution < 1.29 is 19.4 Å². The number of aliphatic hydroxyl groups excluding tert-OH is 1. The van der Waals surface area contributed by atoms with Crippen LogP contribution in [0.5, 0.6) is 5.75 Å². The van der Waals surface area contributed by atoms with Gasteiger partial charge in [0.05, 0.1) is 6.61 Å². The molecule has 1 aromatic rings. The number of primary amides is 1. The highest BCUT2D eigenvalue weighted by atomic mass is 16.5. The monoisotopic (exact) mass is 375 g/mol. The first kappa shape index (κ1) is 19.6. The van der Waals surface area contributed by atoms with Gasteiger partial charge in [-0.2, -0.15) is 0 Å². The van der Waals surface area contributed by atoms with Crippen molar-refractivity contribution in [3.8, 4) is 5.75 Å². The van der Waals surface area contributed by atoms with Crippen LogP contribution in [0, 0.1) is 5.41 Å². The molecule has 2 aliphatic rings. The van der Waals surface area contributed by atoms with E-state index in [1.807, 2.05) is 31.2 Å². The molecule has 3 N–H and O–H groups in total. The molecule has 7 heteroatoms. The summed E-state index contributed by atoms with van der Waals surface area (Å²) in [6.07, 6.45) is 1.70. The number of hydrogen-bond donors (Lipinski definition) is 2. The Balaban J connectivity index is 1.64. The van der Waals surface area contributed by atoms with Gasteiger partial charge in [0.25, 0.3) is 0 Å². The van der Waals surface area contributed by atoms with E-state index >= 15 is 0 Å². The minimum absolute atomic E-state index is 0.0583. The number of carbonyl (C=O) groups excluding carboxylic acids is 2.